The summed E-state index contributed by atoms with van der Waals surface area (Å²) in [5.74, 6) is 1.88. The van der Waals surface area contributed by atoms with Crippen LogP contribution in [0.4, 0.5) is 0 Å². The summed E-state index contributed by atoms with van der Waals surface area (Å²) in [6, 6.07) is 0. The van der Waals surface area contributed by atoms with Gasteiger partial charge in [-0.05, 0) is 68.1 Å². The average Bonchev–Trinajstić information content (AvgIpc) is 2.59. The van der Waals surface area contributed by atoms with Crippen molar-refractivity contribution in [2.24, 2.45) is 35.5 Å². The minimum Gasteiger partial charge on any atom is -0.478 e. The molecule has 3 nitrogen and oxygen atoms in total. The van der Waals surface area contributed by atoms with Crippen LogP contribution in [0.2, 0.25) is 0 Å². The number of carboxylic acid groups (broad SMARTS) is 1. The Balaban J connectivity index is 2.36. The van der Waals surface area contributed by atoms with E-state index in [1.54, 1.807) is 6.08 Å². The summed E-state index contributed by atoms with van der Waals surface area (Å²) in [7, 11) is 0. The molecule has 0 bridgehead atoms. The molecule has 2 rings (SSSR count). The van der Waals surface area contributed by atoms with Gasteiger partial charge in [-0.1, -0.05) is 57.1 Å². The molecule has 2 saturated carbocycles. The molecular weight excluding hydrogens is 324 g/mol. The second-order valence-electron chi connectivity index (χ2n) is 8.50. The van der Waals surface area contributed by atoms with E-state index in [-0.39, 0.29) is 6.10 Å². The van der Waals surface area contributed by atoms with E-state index in [0.717, 1.165) is 32.1 Å². The minimum atomic E-state index is -0.915. The Labute approximate surface area is 158 Å². The topological polar surface area (TPSA) is 57.5 Å². The Morgan fingerprint density at radius 2 is 1.88 bits per heavy atom. The molecule has 0 aromatic rings. The molecule has 2 N–H and O–H groups in total. The summed E-state index contributed by atoms with van der Waals surface area (Å²) in [4.78, 5) is 10.8. The van der Waals surface area contributed by atoms with Crippen LogP contribution in [-0.2, 0) is 4.79 Å². The number of hydrogen-bond donors (Lipinski definition) is 2. The molecule has 3 heteroatoms. The van der Waals surface area contributed by atoms with Crippen LogP contribution in [0.1, 0.15) is 59.8 Å². The van der Waals surface area contributed by atoms with Gasteiger partial charge in [0.05, 0.1) is 6.10 Å². The van der Waals surface area contributed by atoms with Crippen molar-refractivity contribution in [3.05, 3.63) is 36.0 Å². The summed E-state index contributed by atoms with van der Waals surface area (Å²) in [6.45, 7) is 9.12. The lowest BCUT2D eigenvalue weighted by atomic mass is 9.53. The molecule has 7 atom stereocenters. The van der Waals surface area contributed by atoms with Crippen LogP contribution < -0.4 is 0 Å². The van der Waals surface area contributed by atoms with Crippen LogP contribution >= 0.6 is 0 Å². The highest BCUT2D eigenvalue weighted by atomic mass is 16.4. The molecule has 2 fully saturated rings. The summed E-state index contributed by atoms with van der Waals surface area (Å²) in [5.41, 5.74) is 1.46. The number of aliphatic hydroxyl groups excluding tert-OH is 1. The van der Waals surface area contributed by atoms with E-state index in [2.05, 4.69) is 39.8 Å². The van der Waals surface area contributed by atoms with Gasteiger partial charge in [0, 0.05) is 6.08 Å². The highest BCUT2D eigenvalue weighted by Gasteiger charge is 2.48. The van der Waals surface area contributed by atoms with Crippen molar-refractivity contribution in [1.82, 2.24) is 0 Å². The van der Waals surface area contributed by atoms with Crippen molar-refractivity contribution >= 4 is 5.97 Å². The fourth-order valence-corrected chi connectivity index (χ4v) is 5.53. The van der Waals surface area contributed by atoms with E-state index < -0.39 is 5.97 Å². The van der Waals surface area contributed by atoms with Crippen LogP contribution in [0, 0.1) is 35.5 Å². The molecule has 146 valence electrons. The van der Waals surface area contributed by atoms with Crippen molar-refractivity contribution in [2.75, 3.05) is 0 Å². The molecule has 2 aliphatic carbocycles. The van der Waals surface area contributed by atoms with Gasteiger partial charge in [-0.15, -0.1) is 0 Å². The minimum absolute atomic E-state index is 0.190. The maximum atomic E-state index is 10.8. The van der Waals surface area contributed by atoms with Gasteiger partial charge in [0.15, 0.2) is 0 Å². The number of unbranched alkanes of at least 4 members (excludes halogenated alkanes) is 1. The first kappa shape index (κ1) is 21.0. The lowest BCUT2D eigenvalue weighted by Gasteiger charge is -2.52. The zero-order chi connectivity index (χ0) is 19.3. The lowest BCUT2D eigenvalue weighted by Crippen LogP contribution is -2.48. The molecule has 0 aromatic heterocycles. The Hall–Kier alpha value is -1.35. The van der Waals surface area contributed by atoms with Crippen LogP contribution in [0.15, 0.2) is 36.0 Å². The SMILES string of the molecule is CCC/C=C(\C)[C@H]1[C@@H](/C=C/C=C/C(=O)O)[C@H]2[C@@H](C[C@H]1C)[C@@H](O)CC[C@@H]2C. The Bertz CT molecular complexity index is 560. The number of rotatable bonds is 6. The van der Waals surface area contributed by atoms with Gasteiger partial charge in [-0.25, -0.2) is 4.79 Å². The summed E-state index contributed by atoms with van der Waals surface area (Å²) >= 11 is 0. The Morgan fingerprint density at radius 1 is 1.15 bits per heavy atom. The van der Waals surface area contributed by atoms with E-state index in [1.807, 2.05) is 6.08 Å². The number of fused-ring (bicyclic) bond motifs is 1. The van der Waals surface area contributed by atoms with Crippen molar-refractivity contribution in [2.45, 2.75) is 65.9 Å². The third-order valence-electron chi connectivity index (χ3n) is 6.64. The largest absolute Gasteiger partial charge is 0.478 e. The second-order valence-corrected chi connectivity index (χ2v) is 8.50. The van der Waals surface area contributed by atoms with Crippen molar-refractivity contribution in [3.8, 4) is 0 Å². The molecule has 0 aromatic carbocycles. The molecular formula is C23H36O3. The number of aliphatic hydroxyl groups is 1. The molecule has 0 spiro atoms. The second kappa shape index (κ2) is 9.55. The van der Waals surface area contributed by atoms with Crippen LogP contribution in [0.25, 0.3) is 0 Å². The molecule has 26 heavy (non-hydrogen) atoms. The standard InChI is InChI=1S/C23H36O3/c1-5-6-9-15(2)22-17(4)14-19-20(24)13-12-16(3)23(19)18(22)10-7-8-11-21(25)26/h7-11,16-20,22-24H,5-6,12-14H2,1-4H3,(H,25,26)/b10-7+,11-8+,15-9+/t16-,17+,18+,19-,20-,22+,23-/m0/s1. The van der Waals surface area contributed by atoms with E-state index in [1.165, 1.54) is 11.6 Å². The molecule has 0 aliphatic heterocycles. The summed E-state index contributed by atoms with van der Waals surface area (Å²) < 4.78 is 0. The maximum absolute atomic E-state index is 10.8. The molecule has 0 radical (unpaired) electrons. The van der Waals surface area contributed by atoms with Gasteiger partial charge in [0.1, 0.15) is 0 Å². The van der Waals surface area contributed by atoms with Gasteiger partial charge in [-0.2, -0.15) is 0 Å². The number of aliphatic carboxylic acids is 1. The van der Waals surface area contributed by atoms with E-state index in [0.29, 0.717) is 35.5 Å². The maximum Gasteiger partial charge on any atom is 0.328 e. The van der Waals surface area contributed by atoms with Crippen molar-refractivity contribution < 1.29 is 15.0 Å². The van der Waals surface area contributed by atoms with Crippen molar-refractivity contribution in [3.63, 3.8) is 0 Å². The molecule has 0 amide bonds. The number of carbonyl (C=O) groups is 1. The zero-order valence-electron chi connectivity index (χ0n) is 16.8. The van der Waals surface area contributed by atoms with Gasteiger partial charge in [0.2, 0.25) is 0 Å². The van der Waals surface area contributed by atoms with Crippen LogP contribution in [0.3, 0.4) is 0 Å². The van der Waals surface area contributed by atoms with E-state index >= 15 is 0 Å². The highest BCUT2D eigenvalue weighted by molar-refractivity contribution is 5.80. The Morgan fingerprint density at radius 3 is 2.54 bits per heavy atom. The van der Waals surface area contributed by atoms with Gasteiger partial charge in [0.25, 0.3) is 0 Å². The van der Waals surface area contributed by atoms with Gasteiger partial charge >= 0.3 is 5.97 Å². The predicted octanol–water partition coefficient (Wildman–Crippen LogP) is 5.23. The first-order chi connectivity index (χ1) is 12.4. The van der Waals surface area contributed by atoms with Crippen LogP contribution in [-0.4, -0.2) is 22.3 Å². The summed E-state index contributed by atoms with van der Waals surface area (Å²) in [6.07, 6.45) is 14.5. The number of hydrogen-bond acceptors (Lipinski definition) is 2. The third kappa shape index (κ3) is 4.88. The average molecular weight is 361 g/mol. The number of carboxylic acids is 1. The van der Waals surface area contributed by atoms with Gasteiger partial charge in [-0.3, -0.25) is 0 Å². The molecule has 0 unspecified atom stereocenters. The number of allylic oxidation sites excluding steroid dienone is 5. The fraction of sp³-hybridized carbons (Fsp3) is 0.696. The summed E-state index contributed by atoms with van der Waals surface area (Å²) in [5, 5.41) is 19.5. The highest BCUT2D eigenvalue weighted by Crippen LogP contribution is 2.53. The first-order valence-corrected chi connectivity index (χ1v) is 10.3. The Kier molecular flexibility index (Phi) is 7.69. The third-order valence-corrected chi connectivity index (χ3v) is 6.64. The van der Waals surface area contributed by atoms with Crippen molar-refractivity contribution in [1.29, 1.82) is 0 Å². The lowest BCUT2D eigenvalue weighted by molar-refractivity contribution is -0.131. The molecule has 0 heterocycles. The van der Waals surface area contributed by atoms with Gasteiger partial charge < -0.3 is 10.2 Å². The molecule has 0 saturated heterocycles. The van der Waals surface area contributed by atoms with E-state index in [9.17, 15) is 9.90 Å². The van der Waals surface area contributed by atoms with E-state index in [4.69, 9.17) is 5.11 Å². The predicted molar refractivity (Wildman–Crippen MR) is 107 cm³/mol. The quantitative estimate of drug-likeness (QED) is 0.387. The zero-order valence-corrected chi connectivity index (χ0v) is 16.8. The fourth-order valence-electron chi connectivity index (χ4n) is 5.53. The normalized spacial score (nSPS) is 38.7. The first-order valence-electron chi connectivity index (χ1n) is 10.3. The molecule has 2 aliphatic rings. The van der Waals surface area contributed by atoms with Crippen LogP contribution in [0.5, 0.6) is 0 Å². The smallest absolute Gasteiger partial charge is 0.328 e. The monoisotopic (exact) mass is 360 g/mol.